The van der Waals surface area contributed by atoms with E-state index >= 15 is 0 Å². The topological polar surface area (TPSA) is 397 Å². The number of non-ortho nitro benzene ring substituents is 2. The number of benzene rings is 4. The molecule has 0 heterocycles. The molecule has 0 saturated heterocycles. The normalized spacial score (nSPS) is 10.7. The lowest BCUT2D eigenvalue weighted by Gasteiger charge is -2.18. The van der Waals surface area contributed by atoms with E-state index in [4.69, 9.17) is 33.8 Å². The molecule has 0 saturated carbocycles. The van der Waals surface area contributed by atoms with Crippen LogP contribution in [0.15, 0.2) is 119 Å². The molecule has 0 aliphatic rings. The fourth-order valence-electron chi connectivity index (χ4n) is 4.69. The molecule has 3 amide bonds. The summed E-state index contributed by atoms with van der Waals surface area (Å²) in [6, 6.07) is 26.3. The van der Waals surface area contributed by atoms with Crippen molar-refractivity contribution in [1.29, 1.82) is 0 Å². The summed E-state index contributed by atoms with van der Waals surface area (Å²) < 4.78 is 0. The van der Waals surface area contributed by atoms with Crippen LogP contribution in [0, 0.1) is 20.2 Å². The average molecular weight is 833 g/mol. The first-order valence-corrected chi connectivity index (χ1v) is 17.7. The predicted molar refractivity (Wildman–Crippen MR) is 226 cm³/mol. The van der Waals surface area contributed by atoms with Gasteiger partial charge >= 0.3 is 5.97 Å². The number of carboxylic acid groups (broad SMARTS) is 1. The highest BCUT2D eigenvalue weighted by Gasteiger charge is 2.22. The first-order valence-electron chi connectivity index (χ1n) is 17.7. The number of nitro groups is 2. The summed E-state index contributed by atoms with van der Waals surface area (Å²) in [6.07, 6.45) is 1.48. The highest BCUT2D eigenvalue weighted by atomic mass is 16.6. The van der Waals surface area contributed by atoms with Gasteiger partial charge in [0.25, 0.3) is 23.2 Å². The van der Waals surface area contributed by atoms with Gasteiger partial charge in [0.15, 0.2) is 11.9 Å². The molecule has 4 rings (SSSR count). The molecule has 2 atom stereocenters. The van der Waals surface area contributed by atoms with Crippen LogP contribution in [0.1, 0.15) is 46.4 Å². The molecule has 0 bridgehead atoms. The number of nitrogens with zero attached hydrogens (tertiary/aromatic N) is 4. The van der Waals surface area contributed by atoms with Gasteiger partial charge in [-0.25, -0.2) is 4.79 Å². The molecule has 22 heteroatoms. The summed E-state index contributed by atoms with van der Waals surface area (Å²) in [7, 11) is 0. The van der Waals surface area contributed by atoms with E-state index < -0.39 is 45.6 Å². The Morgan fingerprint density at radius 1 is 0.617 bits per heavy atom. The van der Waals surface area contributed by atoms with Gasteiger partial charge in [0, 0.05) is 59.9 Å². The summed E-state index contributed by atoms with van der Waals surface area (Å²) in [5, 5.41) is 37.7. The molecule has 0 fully saturated rings. The monoisotopic (exact) mass is 832 g/mol. The maximum atomic E-state index is 12.7. The van der Waals surface area contributed by atoms with Crippen molar-refractivity contribution in [3.8, 4) is 0 Å². The lowest BCUT2D eigenvalue weighted by atomic mass is 10.1. The number of carboxylic acids is 1. The molecule has 60 heavy (non-hydrogen) atoms. The Bertz CT molecular complexity index is 2040. The molecule has 0 aromatic heterocycles. The van der Waals surface area contributed by atoms with E-state index in [0.29, 0.717) is 54.9 Å². The minimum atomic E-state index is -1.08. The standard InChI is InChI=1S/C19H22N6O4.C13H18N4O3.C6H6N2O2.H2O/c20-19(21)22-12-4-7-16(24-17(26)13-5-2-1-3-6-13)18(27)23-14-8-10-15(11-9-14)25(28)29;14-13(15)16-8-4-7-10(12(19)20)17-11(18)9-5-2-1-3-6-9;7-5-1-3-6(4-2-5)8(9)10;/h1-3,5-6,8-11,16H,4,7,12H2,(H,23,27)(H,24,26)(H4,20,21,22);1-3,5-6,10H,4,7-8H2,(H,17,18)(H,19,20)(H4,14,15,16);1-4H,7H2;1H2. The highest BCUT2D eigenvalue weighted by Crippen LogP contribution is 2.16. The Labute approximate surface area is 343 Å². The summed E-state index contributed by atoms with van der Waals surface area (Å²) in [5.41, 5.74) is 28.0. The number of rotatable bonds is 17. The number of nitro benzene ring substituents is 2. The van der Waals surface area contributed by atoms with Crippen LogP contribution in [0.2, 0.25) is 0 Å². The van der Waals surface area contributed by atoms with Crippen molar-refractivity contribution < 1.29 is 39.6 Å². The Hall–Kier alpha value is -8.14. The molecule has 4 aromatic rings. The van der Waals surface area contributed by atoms with Gasteiger partial charge in [-0.05, 0) is 74.2 Å². The zero-order chi connectivity index (χ0) is 43.7. The number of amides is 3. The third-order valence-corrected chi connectivity index (χ3v) is 7.64. The van der Waals surface area contributed by atoms with Crippen molar-refractivity contribution in [2.45, 2.75) is 37.8 Å². The van der Waals surface area contributed by atoms with Gasteiger partial charge in [-0.2, -0.15) is 0 Å². The van der Waals surface area contributed by atoms with Crippen molar-refractivity contribution in [2.75, 3.05) is 24.1 Å². The maximum absolute atomic E-state index is 12.7. The number of nitrogens with two attached hydrogens (primary N) is 5. The molecule has 0 aliphatic heterocycles. The fraction of sp³-hybridized carbons (Fsp3) is 0.211. The fourth-order valence-corrected chi connectivity index (χ4v) is 4.69. The second-order valence-electron chi connectivity index (χ2n) is 12.2. The largest absolute Gasteiger partial charge is 0.480 e. The van der Waals surface area contributed by atoms with Crippen LogP contribution in [0.3, 0.4) is 0 Å². The average Bonchev–Trinajstić information content (AvgIpc) is 3.21. The zero-order valence-corrected chi connectivity index (χ0v) is 32.2. The summed E-state index contributed by atoms with van der Waals surface area (Å²) in [5.74, 6) is -2.43. The third-order valence-electron chi connectivity index (χ3n) is 7.64. The number of guanidine groups is 2. The lowest BCUT2D eigenvalue weighted by Crippen LogP contribution is -2.44. The van der Waals surface area contributed by atoms with Crippen molar-refractivity contribution >= 4 is 58.4 Å². The minimum absolute atomic E-state index is 0. The minimum Gasteiger partial charge on any atom is -0.480 e. The van der Waals surface area contributed by atoms with E-state index in [1.807, 2.05) is 0 Å². The Morgan fingerprint density at radius 3 is 1.38 bits per heavy atom. The van der Waals surface area contributed by atoms with Crippen molar-refractivity contribution in [3.05, 3.63) is 141 Å². The van der Waals surface area contributed by atoms with Crippen molar-refractivity contribution in [1.82, 2.24) is 10.6 Å². The van der Waals surface area contributed by atoms with Crippen LogP contribution in [0.5, 0.6) is 0 Å². The van der Waals surface area contributed by atoms with Crippen LogP contribution in [-0.4, -0.2) is 81.2 Å². The van der Waals surface area contributed by atoms with Crippen LogP contribution >= 0.6 is 0 Å². The van der Waals surface area contributed by atoms with Gasteiger partial charge in [-0.1, -0.05) is 36.4 Å². The predicted octanol–water partition coefficient (Wildman–Crippen LogP) is 1.66. The van der Waals surface area contributed by atoms with Crippen LogP contribution in [0.4, 0.5) is 22.7 Å². The number of nitrogens with one attached hydrogen (secondary N) is 3. The second-order valence-corrected chi connectivity index (χ2v) is 12.2. The second kappa shape index (κ2) is 26.7. The molecule has 2 unspecified atom stereocenters. The van der Waals surface area contributed by atoms with Gasteiger partial charge < -0.3 is 55.2 Å². The molecular formula is C38H48N12O10. The number of aliphatic carboxylic acids is 1. The quantitative estimate of drug-likeness (QED) is 0.0183. The van der Waals surface area contributed by atoms with Gasteiger partial charge in [0.05, 0.1) is 9.85 Å². The van der Waals surface area contributed by atoms with Gasteiger partial charge in [-0.15, -0.1) is 0 Å². The Kier molecular flexibility index (Phi) is 22.2. The number of nitrogen functional groups attached to an aromatic ring is 1. The first-order chi connectivity index (χ1) is 28.1. The molecule has 0 aliphatic carbocycles. The van der Waals surface area contributed by atoms with E-state index in [-0.39, 0.29) is 35.2 Å². The van der Waals surface area contributed by atoms with Crippen molar-refractivity contribution in [2.24, 2.45) is 32.9 Å². The molecule has 320 valence electrons. The summed E-state index contributed by atoms with van der Waals surface area (Å²) in [6.45, 7) is 0.637. The van der Waals surface area contributed by atoms with Gasteiger partial charge in [0.2, 0.25) is 5.91 Å². The molecule has 22 nitrogen and oxygen atoms in total. The summed E-state index contributed by atoms with van der Waals surface area (Å²) in [4.78, 5) is 75.5. The molecule has 16 N–H and O–H groups in total. The Balaban J connectivity index is 0.000000500. The van der Waals surface area contributed by atoms with Crippen LogP contribution < -0.4 is 44.6 Å². The molecule has 0 radical (unpaired) electrons. The van der Waals surface area contributed by atoms with Crippen LogP contribution in [-0.2, 0) is 9.59 Å². The molecule has 0 spiro atoms. The van der Waals surface area contributed by atoms with Gasteiger partial charge in [-0.3, -0.25) is 44.6 Å². The number of hydrogen-bond donors (Lipinski definition) is 9. The number of aliphatic imine (C=N–C) groups is 2. The van der Waals surface area contributed by atoms with E-state index in [0.717, 1.165) is 0 Å². The zero-order valence-electron chi connectivity index (χ0n) is 32.2. The first kappa shape index (κ1) is 49.9. The SMILES string of the molecule is NC(N)=NCCCC(NC(=O)c1ccccc1)C(=O)Nc1ccc([N+](=O)[O-])cc1.NC(N)=NCCCC(NC(=O)c1ccccc1)C(=O)O.Nc1ccc([N+](=O)[O-])cc1.O. The smallest absolute Gasteiger partial charge is 0.326 e. The third kappa shape index (κ3) is 19.6. The number of carbonyl (C=O) groups excluding carboxylic acids is 3. The lowest BCUT2D eigenvalue weighted by molar-refractivity contribution is -0.385. The van der Waals surface area contributed by atoms with E-state index in [1.54, 1.807) is 60.7 Å². The van der Waals surface area contributed by atoms with E-state index in [2.05, 4.69) is 25.9 Å². The van der Waals surface area contributed by atoms with Crippen LogP contribution in [0.25, 0.3) is 0 Å². The molecular weight excluding hydrogens is 784 g/mol. The molecule has 4 aromatic carbocycles. The van der Waals surface area contributed by atoms with E-state index in [9.17, 15) is 39.4 Å². The van der Waals surface area contributed by atoms with E-state index in [1.165, 1.54) is 48.5 Å². The maximum Gasteiger partial charge on any atom is 0.326 e. The number of hydrogen-bond acceptors (Lipinski definition) is 11. The summed E-state index contributed by atoms with van der Waals surface area (Å²) >= 11 is 0. The van der Waals surface area contributed by atoms with Crippen molar-refractivity contribution in [3.63, 3.8) is 0 Å². The highest BCUT2D eigenvalue weighted by molar-refractivity contribution is 6.01. The Morgan fingerprint density at radius 2 is 1.00 bits per heavy atom. The van der Waals surface area contributed by atoms with Gasteiger partial charge in [0.1, 0.15) is 12.1 Å². The number of anilines is 2. The number of carbonyl (C=O) groups is 4.